The summed E-state index contributed by atoms with van der Waals surface area (Å²) >= 11 is 0. The second-order valence-electron chi connectivity index (χ2n) is 4.41. The summed E-state index contributed by atoms with van der Waals surface area (Å²) in [5.41, 5.74) is 0. The number of rotatable bonds is 8. The monoisotopic (exact) mass is 252 g/mol. The molecule has 0 saturated carbocycles. The fraction of sp³-hybridized carbons (Fsp3) is 0.750. The fourth-order valence-electron chi connectivity index (χ4n) is 1.51. The average Bonchev–Trinajstić information content (AvgIpc) is 2.38. The Morgan fingerprint density at radius 1 is 1.00 bits per heavy atom. The largest absolute Gasteiger partial charge is 0.357 e. The molecule has 1 aromatic rings. The molecule has 0 atom stereocenters. The molecule has 6 nitrogen and oxygen atoms in total. The van der Waals surface area contributed by atoms with E-state index in [-0.39, 0.29) is 0 Å². The Morgan fingerprint density at radius 3 is 2.33 bits per heavy atom. The lowest BCUT2D eigenvalue weighted by molar-refractivity contribution is 0.683. The van der Waals surface area contributed by atoms with Crippen LogP contribution in [-0.2, 0) is 0 Å². The van der Waals surface area contributed by atoms with Crippen LogP contribution in [0.25, 0.3) is 0 Å². The first kappa shape index (κ1) is 14.5. The van der Waals surface area contributed by atoms with E-state index in [9.17, 15) is 0 Å². The molecule has 102 valence electrons. The predicted molar refractivity (Wildman–Crippen MR) is 76.3 cm³/mol. The quantitative estimate of drug-likeness (QED) is 0.690. The van der Waals surface area contributed by atoms with Crippen molar-refractivity contribution >= 4 is 17.8 Å². The maximum Gasteiger partial charge on any atom is 0.231 e. The van der Waals surface area contributed by atoms with Crippen LogP contribution in [-0.4, -0.2) is 42.6 Å². The van der Waals surface area contributed by atoms with Crippen molar-refractivity contribution in [2.75, 3.05) is 43.2 Å². The van der Waals surface area contributed by atoms with Crippen LogP contribution in [0.3, 0.4) is 0 Å². The molecule has 0 aliphatic heterocycles. The molecule has 1 rings (SSSR count). The molecule has 0 aromatic carbocycles. The molecule has 1 aromatic heterocycles. The van der Waals surface area contributed by atoms with E-state index in [1.165, 1.54) is 19.3 Å². The third kappa shape index (κ3) is 4.73. The van der Waals surface area contributed by atoms with Gasteiger partial charge in [0.15, 0.2) is 0 Å². The molecule has 0 unspecified atom stereocenters. The van der Waals surface area contributed by atoms with Crippen LogP contribution in [0.4, 0.5) is 17.8 Å². The van der Waals surface area contributed by atoms with E-state index in [1.54, 1.807) is 7.05 Å². The topological polar surface area (TPSA) is 66.0 Å². The Bertz CT molecular complexity index is 352. The average molecular weight is 252 g/mol. The predicted octanol–water partition coefficient (Wildman–Crippen LogP) is 1.97. The molecule has 1 heterocycles. The third-order valence-electron chi connectivity index (χ3n) is 2.56. The highest BCUT2D eigenvalue weighted by Crippen LogP contribution is 2.11. The van der Waals surface area contributed by atoms with Gasteiger partial charge in [-0.1, -0.05) is 26.2 Å². The lowest BCUT2D eigenvalue weighted by atomic mass is 10.2. The molecule has 0 fully saturated rings. The molecule has 6 heteroatoms. The van der Waals surface area contributed by atoms with E-state index in [4.69, 9.17) is 0 Å². The van der Waals surface area contributed by atoms with Crippen molar-refractivity contribution in [2.45, 2.75) is 32.6 Å². The minimum atomic E-state index is 0.588. The van der Waals surface area contributed by atoms with Crippen molar-refractivity contribution in [3.8, 4) is 0 Å². The van der Waals surface area contributed by atoms with E-state index < -0.39 is 0 Å². The standard InChI is InChI=1S/C12H24N6/c1-5-6-7-8-9-14-11-15-10(13-2)16-12(17-11)18(3)4/h5-9H2,1-4H3,(H2,13,14,15,16,17). The van der Waals surface area contributed by atoms with Crippen molar-refractivity contribution in [1.29, 1.82) is 0 Å². The Kier molecular flexibility index (Phi) is 6.18. The normalized spacial score (nSPS) is 10.2. The molecule has 0 aliphatic rings. The van der Waals surface area contributed by atoms with E-state index in [1.807, 2.05) is 19.0 Å². The van der Waals surface area contributed by atoms with E-state index >= 15 is 0 Å². The zero-order valence-electron chi connectivity index (χ0n) is 11.8. The summed E-state index contributed by atoms with van der Waals surface area (Å²) in [4.78, 5) is 14.8. The molecule has 2 N–H and O–H groups in total. The Balaban J connectivity index is 2.56. The minimum Gasteiger partial charge on any atom is -0.357 e. The highest BCUT2D eigenvalue weighted by molar-refractivity contribution is 5.42. The van der Waals surface area contributed by atoms with E-state index in [0.717, 1.165) is 13.0 Å². The van der Waals surface area contributed by atoms with Crippen molar-refractivity contribution in [3.05, 3.63) is 0 Å². The van der Waals surface area contributed by atoms with Crippen LogP contribution in [0.15, 0.2) is 0 Å². The summed E-state index contributed by atoms with van der Waals surface area (Å²) in [6.45, 7) is 3.11. The molecule has 0 radical (unpaired) electrons. The first-order valence-electron chi connectivity index (χ1n) is 6.52. The lowest BCUT2D eigenvalue weighted by Gasteiger charge is -2.13. The summed E-state index contributed by atoms with van der Waals surface area (Å²) in [6, 6.07) is 0. The molecule has 18 heavy (non-hydrogen) atoms. The molecule has 0 bridgehead atoms. The van der Waals surface area contributed by atoms with Crippen LogP contribution >= 0.6 is 0 Å². The van der Waals surface area contributed by atoms with Gasteiger partial charge in [-0.25, -0.2) is 0 Å². The molecule has 0 amide bonds. The maximum absolute atomic E-state index is 4.35. The Morgan fingerprint density at radius 2 is 1.72 bits per heavy atom. The number of anilines is 3. The van der Waals surface area contributed by atoms with E-state index in [2.05, 4.69) is 32.5 Å². The van der Waals surface area contributed by atoms with Gasteiger partial charge in [0, 0.05) is 27.7 Å². The van der Waals surface area contributed by atoms with Crippen LogP contribution in [0, 0.1) is 0 Å². The van der Waals surface area contributed by atoms with Gasteiger partial charge in [0.05, 0.1) is 0 Å². The number of nitrogens with zero attached hydrogens (tertiary/aromatic N) is 4. The lowest BCUT2D eigenvalue weighted by Crippen LogP contribution is -2.16. The van der Waals surface area contributed by atoms with Crippen LogP contribution in [0.1, 0.15) is 32.6 Å². The molecule has 0 aliphatic carbocycles. The van der Waals surface area contributed by atoms with Gasteiger partial charge in [0.25, 0.3) is 0 Å². The molecule has 0 spiro atoms. The highest BCUT2D eigenvalue weighted by atomic mass is 15.3. The maximum atomic E-state index is 4.35. The second-order valence-corrected chi connectivity index (χ2v) is 4.41. The number of hydrogen-bond donors (Lipinski definition) is 2. The Labute approximate surface area is 109 Å². The Hall–Kier alpha value is -1.59. The van der Waals surface area contributed by atoms with Gasteiger partial charge in [0.2, 0.25) is 17.8 Å². The van der Waals surface area contributed by atoms with Gasteiger partial charge in [0.1, 0.15) is 0 Å². The van der Waals surface area contributed by atoms with Gasteiger partial charge in [-0.2, -0.15) is 15.0 Å². The summed E-state index contributed by atoms with van der Waals surface area (Å²) in [7, 11) is 5.64. The van der Waals surface area contributed by atoms with Gasteiger partial charge in [-0.3, -0.25) is 0 Å². The van der Waals surface area contributed by atoms with Gasteiger partial charge < -0.3 is 15.5 Å². The summed E-state index contributed by atoms with van der Waals surface area (Å²) < 4.78 is 0. The van der Waals surface area contributed by atoms with Crippen LogP contribution < -0.4 is 15.5 Å². The third-order valence-corrected chi connectivity index (χ3v) is 2.56. The van der Waals surface area contributed by atoms with Gasteiger partial charge in [-0.05, 0) is 6.42 Å². The SMILES string of the molecule is CCCCCCNc1nc(NC)nc(N(C)C)n1. The van der Waals surface area contributed by atoms with Crippen LogP contribution in [0.2, 0.25) is 0 Å². The number of hydrogen-bond acceptors (Lipinski definition) is 6. The van der Waals surface area contributed by atoms with Crippen molar-refractivity contribution in [2.24, 2.45) is 0 Å². The number of unbranched alkanes of at least 4 members (excludes halogenated alkanes) is 3. The van der Waals surface area contributed by atoms with Crippen molar-refractivity contribution in [1.82, 2.24) is 15.0 Å². The minimum absolute atomic E-state index is 0.588. The first-order chi connectivity index (χ1) is 8.67. The summed E-state index contributed by atoms with van der Waals surface area (Å²) in [5, 5.41) is 6.19. The summed E-state index contributed by atoms with van der Waals surface area (Å²) in [5.74, 6) is 1.88. The second kappa shape index (κ2) is 7.68. The molecular weight excluding hydrogens is 228 g/mol. The smallest absolute Gasteiger partial charge is 0.231 e. The van der Waals surface area contributed by atoms with Crippen molar-refractivity contribution in [3.63, 3.8) is 0 Å². The zero-order valence-corrected chi connectivity index (χ0v) is 11.8. The van der Waals surface area contributed by atoms with Crippen LogP contribution in [0.5, 0.6) is 0 Å². The fourth-order valence-corrected chi connectivity index (χ4v) is 1.51. The first-order valence-corrected chi connectivity index (χ1v) is 6.52. The van der Waals surface area contributed by atoms with E-state index in [0.29, 0.717) is 17.8 Å². The molecule has 0 saturated heterocycles. The highest BCUT2D eigenvalue weighted by Gasteiger charge is 2.06. The van der Waals surface area contributed by atoms with Gasteiger partial charge in [-0.15, -0.1) is 0 Å². The number of aromatic nitrogens is 3. The van der Waals surface area contributed by atoms with Gasteiger partial charge >= 0.3 is 0 Å². The number of nitrogens with one attached hydrogen (secondary N) is 2. The summed E-state index contributed by atoms with van der Waals surface area (Å²) in [6.07, 6.45) is 4.92. The van der Waals surface area contributed by atoms with Crippen molar-refractivity contribution < 1.29 is 0 Å². The zero-order chi connectivity index (χ0) is 13.4. The molecular formula is C12H24N6.